The van der Waals surface area contributed by atoms with E-state index in [0.29, 0.717) is 18.0 Å². The van der Waals surface area contributed by atoms with Crippen LogP contribution in [0.25, 0.3) is 22.3 Å². The van der Waals surface area contributed by atoms with E-state index in [-0.39, 0.29) is 0 Å². The van der Waals surface area contributed by atoms with Crippen LogP contribution in [-0.2, 0) is 6.54 Å². The lowest BCUT2D eigenvalue weighted by Crippen LogP contribution is -2.05. The van der Waals surface area contributed by atoms with Crippen molar-refractivity contribution in [2.75, 3.05) is 0 Å². The Morgan fingerprint density at radius 1 is 1.06 bits per heavy atom. The Bertz CT molecular complexity index is 1220. The molecule has 1 fully saturated rings. The first-order valence-electron chi connectivity index (χ1n) is 10.8. The normalized spacial score (nSPS) is 13.0. The second-order valence-electron chi connectivity index (χ2n) is 7.68. The Morgan fingerprint density at radius 2 is 1.77 bits per heavy atom. The number of carbonyl (C=O) groups is 1. The maximum atomic E-state index is 11.5. The summed E-state index contributed by atoms with van der Waals surface area (Å²) >= 11 is 0. The zero-order valence-corrected chi connectivity index (χ0v) is 18.2. The molecule has 31 heavy (non-hydrogen) atoms. The first-order valence-corrected chi connectivity index (χ1v) is 10.8. The number of nitrogens with zero attached hydrogens (tertiary/aromatic N) is 3. The van der Waals surface area contributed by atoms with Gasteiger partial charge in [0.1, 0.15) is 11.3 Å². The summed E-state index contributed by atoms with van der Waals surface area (Å²) in [6, 6.07) is 17.2. The van der Waals surface area contributed by atoms with Crippen molar-refractivity contribution in [3.63, 3.8) is 0 Å². The predicted molar refractivity (Wildman–Crippen MR) is 124 cm³/mol. The molecule has 158 valence electrons. The lowest BCUT2D eigenvalue weighted by atomic mass is 9.99. The first kappa shape index (κ1) is 20.8. The molecule has 0 atom stereocenters. The zero-order chi connectivity index (χ0) is 22.0. The van der Waals surface area contributed by atoms with Crippen LogP contribution in [0.5, 0.6) is 0 Å². The van der Waals surface area contributed by atoms with E-state index < -0.39 is 5.97 Å². The molecular formula is C26H27N3O2. The van der Waals surface area contributed by atoms with Gasteiger partial charge in [0.2, 0.25) is 0 Å². The average molecular weight is 414 g/mol. The Balaban J connectivity index is 0.00000112. The van der Waals surface area contributed by atoms with Crippen molar-refractivity contribution < 1.29 is 9.90 Å². The van der Waals surface area contributed by atoms with Crippen LogP contribution in [0, 0.1) is 6.92 Å². The van der Waals surface area contributed by atoms with Crippen molar-refractivity contribution in [1.82, 2.24) is 14.5 Å². The van der Waals surface area contributed by atoms with Crippen LogP contribution in [0.4, 0.5) is 0 Å². The lowest BCUT2D eigenvalue weighted by Gasteiger charge is -2.10. The standard InChI is InChI=1S/C24H21N3O2.C2H6/c1-15-12-13-25-23-21(15)26-22(18-10-11-18)27(23)14-16-6-8-17(9-7-16)19-4-2-3-5-20(19)24(28)29;1-2/h2-9,12-13,18H,10-11,14H2,1H3,(H,28,29);1-2H3. The molecule has 2 aromatic carbocycles. The van der Waals surface area contributed by atoms with Crippen molar-refractivity contribution in [3.05, 3.63) is 83.3 Å². The fourth-order valence-corrected chi connectivity index (χ4v) is 3.86. The fourth-order valence-electron chi connectivity index (χ4n) is 3.86. The first-order chi connectivity index (χ1) is 15.1. The minimum Gasteiger partial charge on any atom is -0.478 e. The number of aromatic carboxylic acids is 1. The third-order valence-corrected chi connectivity index (χ3v) is 5.57. The summed E-state index contributed by atoms with van der Waals surface area (Å²) in [5.41, 5.74) is 6.17. The van der Waals surface area contributed by atoms with Gasteiger partial charge < -0.3 is 9.67 Å². The number of hydrogen-bond donors (Lipinski definition) is 1. The van der Waals surface area contributed by atoms with Crippen LogP contribution < -0.4 is 0 Å². The number of aryl methyl sites for hydroxylation is 1. The van der Waals surface area contributed by atoms with Crippen LogP contribution >= 0.6 is 0 Å². The highest BCUT2D eigenvalue weighted by molar-refractivity contribution is 5.96. The number of imidazole rings is 1. The molecule has 5 rings (SSSR count). The number of rotatable bonds is 5. The van der Waals surface area contributed by atoms with E-state index in [4.69, 9.17) is 4.98 Å². The Morgan fingerprint density at radius 3 is 2.45 bits per heavy atom. The van der Waals surface area contributed by atoms with Crippen molar-refractivity contribution in [2.45, 2.75) is 46.1 Å². The highest BCUT2D eigenvalue weighted by atomic mass is 16.4. The molecule has 1 N–H and O–H groups in total. The molecule has 2 aromatic heterocycles. The number of fused-ring (bicyclic) bond motifs is 1. The maximum Gasteiger partial charge on any atom is 0.336 e. The van der Waals surface area contributed by atoms with Gasteiger partial charge in [0.05, 0.1) is 12.1 Å². The molecule has 1 saturated carbocycles. The fraction of sp³-hybridized carbons (Fsp3) is 0.269. The summed E-state index contributed by atoms with van der Waals surface area (Å²) < 4.78 is 2.24. The minimum atomic E-state index is -0.912. The molecule has 0 unspecified atom stereocenters. The van der Waals surface area contributed by atoms with E-state index in [0.717, 1.165) is 39.2 Å². The summed E-state index contributed by atoms with van der Waals surface area (Å²) in [6.07, 6.45) is 4.22. The third-order valence-electron chi connectivity index (χ3n) is 5.57. The molecule has 5 heteroatoms. The molecule has 0 aliphatic heterocycles. The van der Waals surface area contributed by atoms with E-state index in [9.17, 15) is 9.90 Å². The highest BCUT2D eigenvalue weighted by Gasteiger charge is 2.30. The molecule has 0 amide bonds. The Labute approximate surface area is 182 Å². The van der Waals surface area contributed by atoms with Gasteiger partial charge in [0.15, 0.2) is 5.65 Å². The Hall–Kier alpha value is -3.47. The van der Waals surface area contributed by atoms with Crippen molar-refractivity contribution in [1.29, 1.82) is 0 Å². The third kappa shape index (κ3) is 4.08. The number of carboxylic acid groups (broad SMARTS) is 1. The maximum absolute atomic E-state index is 11.5. The molecule has 0 saturated heterocycles. The second kappa shape index (κ2) is 8.72. The van der Waals surface area contributed by atoms with Gasteiger partial charge in [-0.3, -0.25) is 0 Å². The van der Waals surface area contributed by atoms with Crippen LogP contribution in [0.15, 0.2) is 60.8 Å². The molecule has 4 aromatic rings. The van der Waals surface area contributed by atoms with Crippen LogP contribution in [0.1, 0.15) is 59.9 Å². The number of pyridine rings is 1. The highest BCUT2D eigenvalue weighted by Crippen LogP contribution is 2.41. The summed E-state index contributed by atoms with van der Waals surface area (Å²) in [7, 11) is 0. The van der Waals surface area contributed by atoms with Gasteiger partial charge in [-0.25, -0.2) is 14.8 Å². The second-order valence-corrected chi connectivity index (χ2v) is 7.68. The average Bonchev–Trinajstić information content (AvgIpc) is 3.58. The number of carboxylic acids is 1. The van der Waals surface area contributed by atoms with Gasteiger partial charge in [-0.2, -0.15) is 0 Å². The van der Waals surface area contributed by atoms with Crippen LogP contribution in [0.3, 0.4) is 0 Å². The summed E-state index contributed by atoms with van der Waals surface area (Å²) in [4.78, 5) is 21.0. The molecule has 1 aliphatic carbocycles. The molecule has 1 aliphatic rings. The number of hydrogen-bond acceptors (Lipinski definition) is 3. The lowest BCUT2D eigenvalue weighted by molar-refractivity contribution is 0.0697. The van der Waals surface area contributed by atoms with Crippen LogP contribution in [0.2, 0.25) is 0 Å². The molecular weight excluding hydrogens is 386 g/mol. The van der Waals surface area contributed by atoms with E-state index in [2.05, 4.69) is 28.6 Å². The summed E-state index contributed by atoms with van der Waals surface area (Å²) in [6.45, 7) is 6.78. The number of benzene rings is 2. The van der Waals surface area contributed by atoms with Crippen molar-refractivity contribution in [2.24, 2.45) is 0 Å². The number of aromatic nitrogens is 3. The van der Waals surface area contributed by atoms with Crippen molar-refractivity contribution >= 4 is 17.1 Å². The largest absolute Gasteiger partial charge is 0.478 e. The molecule has 0 spiro atoms. The summed E-state index contributed by atoms with van der Waals surface area (Å²) in [5, 5.41) is 9.45. The Kier molecular flexibility index (Phi) is 5.85. The monoisotopic (exact) mass is 413 g/mol. The van der Waals surface area contributed by atoms with Gasteiger partial charge in [0.25, 0.3) is 0 Å². The smallest absolute Gasteiger partial charge is 0.336 e. The van der Waals surface area contributed by atoms with E-state index >= 15 is 0 Å². The van der Waals surface area contributed by atoms with Crippen LogP contribution in [-0.4, -0.2) is 25.6 Å². The quantitative estimate of drug-likeness (QED) is 0.432. The molecule has 5 nitrogen and oxygen atoms in total. The van der Waals surface area contributed by atoms with E-state index in [1.54, 1.807) is 12.1 Å². The van der Waals surface area contributed by atoms with Gasteiger partial charge >= 0.3 is 5.97 Å². The summed E-state index contributed by atoms with van der Waals surface area (Å²) in [5.74, 6) is 0.748. The SMILES string of the molecule is CC.Cc1ccnc2c1nc(C1CC1)n2Cc1ccc(-c2ccccc2C(=O)O)cc1. The molecule has 0 radical (unpaired) electrons. The topological polar surface area (TPSA) is 68.0 Å². The molecule has 0 bridgehead atoms. The van der Waals surface area contributed by atoms with Gasteiger partial charge in [-0.1, -0.05) is 56.3 Å². The molecule has 2 heterocycles. The van der Waals surface area contributed by atoms with E-state index in [1.807, 2.05) is 50.4 Å². The van der Waals surface area contributed by atoms with Gasteiger partial charge in [-0.05, 0) is 54.2 Å². The predicted octanol–water partition coefficient (Wildman–Crippen LogP) is 6.06. The zero-order valence-electron chi connectivity index (χ0n) is 18.2. The minimum absolute atomic E-state index is 0.316. The van der Waals surface area contributed by atoms with Gasteiger partial charge in [0, 0.05) is 12.1 Å². The van der Waals surface area contributed by atoms with Crippen molar-refractivity contribution in [3.8, 4) is 11.1 Å². The van der Waals surface area contributed by atoms with Gasteiger partial charge in [-0.15, -0.1) is 0 Å². The van der Waals surface area contributed by atoms with E-state index in [1.165, 1.54) is 12.8 Å².